The zero-order valence-corrected chi connectivity index (χ0v) is 11.6. The number of para-hydroxylation sites is 1. The lowest BCUT2D eigenvalue weighted by Gasteiger charge is -2.37. The second kappa shape index (κ2) is 4.83. The van der Waals surface area contributed by atoms with Gasteiger partial charge >= 0.3 is 0 Å². The van der Waals surface area contributed by atoms with E-state index in [2.05, 4.69) is 34.1 Å². The molecule has 1 N–H and O–H groups in total. The lowest BCUT2D eigenvalue weighted by atomic mass is 9.98. The Labute approximate surface area is 119 Å². The summed E-state index contributed by atoms with van der Waals surface area (Å²) in [5, 5.41) is 11.1. The number of aliphatic hydroxyl groups excluding tert-OH is 1. The molecule has 2 aliphatic heterocycles. The predicted molar refractivity (Wildman–Crippen MR) is 79.3 cm³/mol. The van der Waals surface area contributed by atoms with Crippen LogP contribution >= 0.6 is 0 Å². The third kappa shape index (κ3) is 2.02. The number of hydrogen-bond acceptors (Lipinski definition) is 3. The number of aromatic nitrogens is 1. The van der Waals surface area contributed by atoms with Crippen molar-refractivity contribution in [3.8, 4) is 0 Å². The van der Waals surface area contributed by atoms with Gasteiger partial charge in [0, 0.05) is 30.2 Å². The van der Waals surface area contributed by atoms with Crippen LogP contribution in [0.4, 0.5) is 0 Å². The molecule has 2 aromatic rings. The lowest BCUT2D eigenvalue weighted by molar-refractivity contribution is 0.0312. The highest BCUT2D eigenvalue weighted by Crippen LogP contribution is 2.37. The van der Waals surface area contributed by atoms with Gasteiger partial charge in [0.25, 0.3) is 0 Å². The summed E-state index contributed by atoms with van der Waals surface area (Å²) < 4.78 is 0. The second-order valence-electron chi connectivity index (χ2n) is 6.17. The van der Waals surface area contributed by atoms with Crippen LogP contribution in [0, 0.1) is 0 Å². The van der Waals surface area contributed by atoms with Crippen LogP contribution in [0.15, 0.2) is 36.5 Å². The molecule has 0 saturated carbocycles. The van der Waals surface area contributed by atoms with Gasteiger partial charge in [0.05, 0.1) is 11.6 Å². The fourth-order valence-electron chi connectivity index (χ4n) is 4.00. The lowest BCUT2D eigenvalue weighted by Crippen LogP contribution is -2.44. The Morgan fingerprint density at radius 3 is 2.65 bits per heavy atom. The van der Waals surface area contributed by atoms with Crippen LogP contribution in [0.3, 0.4) is 0 Å². The van der Waals surface area contributed by atoms with E-state index in [0.29, 0.717) is 12.1 Å². The van der Waals surface area contributed by atoms with E-state index < -0.39 is 0 Å². The van der Waals surface area contributed by atoms with Crippen LogP contribution in [-0.2, 0) is 6.54 Å². The summed E-state index contributed by atoms with van der Waals surface area (Å²) in [6.45, 7) is 0.969. The molecular formula is C17H20N2O. The minimum absolute atomic E-state index is 0.0885. The standard InChI is InChI=1S/C17H20N2O/c20-16-9-14-6-7-15(10-16)19(14)11-13-4-1-3-12-5-2-8-18-17(12)13/h1-5,8,14-16,20H,6-7,9-11H2. The van der Waals surface area contributed by atoms with E-state index in [1.807, 2.05) is 12.3 Å². The molecule has 0 amide bonds. The smallest absolute Gasteiger partial charge is 0.0746 e. The molecule has 2 fully saturated rings. The fourth-order valence-corrected chi connectivity index (χ4v) is 4.00. The molecule has 2 unspecified atom stereocenters. The van der Waals surface area contributed by atoms with E-state index in [0.717, 1.165) is 24.9 Å². The van der Waals surface area contributed by atoms with E-state index >= 15 is 0 Å². The number of fused-ring (bicyclic) bond motifs is 3. The summed E-state index contributed by atoms with van der Waals surface area (Å²) in [5.74, 6) is 0. The van der Waals surface area contributed by atoms with Crippen molar-refractivity contribution in [3.05, 3.63) is 42.1 Å². The Bertz CT molecular complexity index is 608. The van der Waals surface area contributed by atoms with Gasteiger partial charge in [-0.2, -0.15) is 0 Å². The van der Waals surface area contributed by atoms with Crippen molar-refractivity contribution in [3.63, 3.8) is 0 Å². The summed E-state index contributed by atoms with van der Waals surface area (Å²) in [6, 6.07) is 11.7. The van der Waals surface area contributed by atoms with Crippen molar-refractivity contribution in [1.29, 1.82) is 0 Å². The molecule has 0 aliphatic carbocycles. The molecule has 20 heavy (non-hydrogen) atoms. The van der Waals surface area contributed by atoms with Gasteiger partial charge in [0.1, 0.15) is 0 Å². The number of rotatable bonds is 2. The Kier molecular flexibility index (Phi) is 2.97. The van der Waals surface area contributed by atoms with Crippen molar-refractivity contribution in [2.75, 3.05) is 0 Å². The number of pyridine rings is 1. The molecule has 2 aliphatic rings. The van der Waals surface area contributed by atoms with E-state index in [4.69, 9.17) is 0 Å². The molecule has 0 radical (unpaired) electrons. The van der Waals surface area contributed by atoms with E-state index in [9.17, 15) is 5.11 Å². The first-order chi connectivity index (χ1) is 9.81. The molecule has 3 nitrogen and oxygen atoms in total. The molecular weight excluding hydrogens is 248 g/mol. The van der Waals surface area contributed by atoms with E-state index in [1.165, 1.54) is 23.8 Å². The van der Waals surface area contributed by atoms with Gasteiger partial charge in [0.15, 0.2) is 0 Å². The van der Waals surface area contributed by atoms with Crippen molar-refractivity contribution in [1.82, 2.24) is 9.88 Å². The van der Waals surface area contributed by atoms with Crippen molar-refractivity contribution in [2.45, 2.75) is 50.4 Å². The summed E-state index contributed by atoms with van der Waals surface area (Å²) in [4.78, 5) is 7.15. The Hall–Kier alpha value is -1.45. The number of piperidine rings is 1. The molecule has 0 spiro atoms. The predicted octanol–water partition coefficient (Wildman–Crippen LogP) is 2.72. The highest BCUT2D eigenvalue weighted by atomic mass is 16.3. The third-order valence-corrected chi connectivity index (χ3v) is 4.93. The minimum atomic E-state index is -0.0885. The minimum Gasteiger partial charge on any atom is -0.393 e. The average Bonchev–Trinajstić information content (AvgIpc) is 2.70. The van der Waals surface area contributed by atoms with Crippen molar-refractivity contribution < 1.29 is 5.11 Å². The fraction of sp³-hybridized carbons (Fsp3) is 0.471. The quantitative estimate of drug-likeness (QED) is 0.910. The van der Waals surface area contributed by atoms with E-state index in [-0.39, 0.29) is 6.10 Å². The van der Waals surface area contributed by atoms with Crippen LogP contribution in [-0.4, -0.2) is 33.2 Å². The molecule has 2 saturated heterocycles. The van der Waals surface area contributed by atoms with Crippen molar-refractivity contribution >= 4 is 10.9 Å². The molecule has 1 aromatic carbocycles. The summed E-state index contributed by atoms with van der Waals surface area (Å²) in [5.41, 5.74) is 2.44. The average molecular weight is 268 g/mol. The maximum Gasteiger partial charge on any atom is 0.0746 e. The van der Waals surface area contributed by atoms with Crippen LogP contribution in [0.2, 0.25) is 0 Å². The number of aliphatic hydroxyl groups is 1. The molecule has 104 valence electrons. The molecule has 2 atom stereocenters. The summed E-state index contributed by atoms with van der Waals surface area (Å²) in [6.07, 6.45) is 6.14. The summed E-state index contributed by atoms with van der Waals surface area (Å²) in [7, 11) is 0. The molecule has 3 heteroatoms. The second-order valence-corrected chi connectivity index (χ2v) is 6.17. The largest absolute Gasteiger partial charge is 0.393 e. The van der Waals surface area contributed by atoms with Gasteiger partial charge in [0.2, 0.25) is 0 Å². The van der Waals surface area contributed by atoms with Gasteiger partial charge in [-0.15, -0.1) is 0 Å². The summed E-state index contributed by atoms with van der Waals surface area (Å²) >= 11 is 0. The first-order valence-corrected chi connectivity index (χ1v) is 7.58. The third-order valence-electron chi connectivity index (χ3n) is 4.93. The Morgan fingerprint density at radius 1 is 1.10 bits per heavy atom. The molecule has 3 heterocycles. The monoisotopic (exact) mass is 268 g/mol. The number of nitrogens with zero attached hydrogens (tertiary/aromatic N) is 2. The van der Waals surface area contributed by atoms with Gasteiger partial charge in [-0.25, -0.2) is 0 Å². The number of benzene rings is 1. The van der Waals surface area contributed by atoms with Crippen LogP contribution in [0.5, 0.6) is 0 Å². The zero-order chi connectivity index (χ0) is 13.5. The van der Waals surface area contributed by atoms with Gasteiger partial charge < -0.3 is 5.11 Å². The van der Waals surface area contributed by atoms with Crippen LogP contribution in [0.25, 0.3) is 10.9 Å². The molecule has 4 rings (SSSR count). The van der Waals surface area contributed by atoms with Gasteiger partial charge in [-0.05, 0) is 37.3 Å². The Morgan fingerprint density at radius 2 is 1.85 bits per heavy atom. The first kappa shape index (κ1) is 12.3. The van der Waals surface area contributed by atoms with Crippen LogP contribution in [0.1, 0.15) is 31.2 Å². The SMILES string of the molecule is OC1CC2CCC(C1)N2Cc1cccc2cccnc12. The number of hydrogen-bond donors (Lipinski definition) is 1. The van der Waals surface area contributed by atoms with Crippen LogP contribution < -0.4 is 0 Å². The maximum atomic E-state index is 9.91. The molecule has 2 bridgehead atoms. The van der Waals surface area contributed by atoms with Gasteiger partial charge in [-0.1, -0.05) is 24.3 Å². The maximum absolute atomic E-state index is 9.91. The van der Waals surface area contributed by atoms with Gasteiger partial charge in [-0.3, -0.25) is 9.88 Å². The highest BCUT2D eigenvalue weighted by Gasteiger charge is 2.39. The highest BCUT2D eigenvalue weighted by molar-refractivity contribution is 5.81. The molecule has 1 aromatic heterocycles. The topological polar surface area (TPSA) is 36.4 Å². The van der Waals surface area contributed by atoms with E-state index in [1.54, 1.807) is 0 Å². The van der Waals surface area contributed by atoms with Crippen molar-refractivity contribution in [2.24, 2.45) is 0 Å². The zero-order valence-electron chi connectivity index (χ0n) is 11.6. The Balaban J connectivity index is 1.65. The first-order valence-electron chi connectivity index (χ1n) is 7.58. The normalized spacial score (nSPS) is 29.9.